The van der Waals surface area contributed by atoms with E-state index in [0.717, 1.165) is 44.2 Å². The van der Waals surface area contributed by atoms with Gasteiger partial charge in [0.1, 0.15) is 5.82 Å². The first-order valence-electron chi connectivity index (χ1n) is 8.10. The fourth-order valence-corrected chi connectivity index (χ4v) is 3.13. The van der Waals surface area contributed by atoms with Gasteiger partial charge in [0.05, 0.1) is 12.2 Å². The molecule has 4 heteroatoms. The molecule has 0 amide bonds. The minimum Gasteiger partial charge on any atom is -0.369 e. The number of anilines is 1. The second kappa shape index (κ2) is 6.13. The zero-order valence-corrected chi connectivity index (χ0v) is 14.1. The van der Waals surface area contributed by atoms with E-state index in [1.807, 2.05) is 0 Å². The number of H-pyrrole nitrogens is 1. The standard InChI is InChI=1S/C18H26N4/c1-13-6-5-7-17(14(13)2)22-10-8-21(9-11-22)12-18-19-15(3)16(4)20-18/h5-7H,8-12H2,1-4H3,(H,19,20). The second-order valence-electron chi connectivity index (χ2n) is 6.38. The first-order chi connectivity index (χ1) is 10.5. The lowest BCUT2D eigenvalue weighted by Crippen LogP contribution is -2.46. The highest BCUT2D eigenvalue weighted by Crippen LogP contribution is 2.24. The SMILES string of the molecule is Cc1cccc(N2CCN(Cc3nc(C)c(C)[nH]3)CC2)c1C. The number of aromatic amines is 1. The van der Waals surface area contributed by atoms with Gasteiger partial charge in [-0.3, -0.25) is 4.90 Å². The third kappa shape index (κ3) is 3.02. The van der Waals surface area contributed by atoms with Gasteiger partial charge in [-0.05, 0) is 44.9 Å². The summed E-state index contributed by atoms with van der Waals surface area (Å²) in [6.45, 7) is 13.8. The van der Waals surface area contributed by atoms with Crippen molar-refractivity contribution in [1.29, 1.82) is 0 Å². The van der Waals surface area contributed by atoms with Crippen LogP contribution in [0, 0.1) is 27.7 Å². The molecule has 4 nitrogen and oxygen atoms in total. The van der Waals surface area contributed by atoms with Gasteiger partial charge in [0.15, 0.2) is 0 Å². The number of hydrogen-bond acceptors (Lipinski definition) is 3. The maximum atomic E-state index is 4.60. The van der Waals surface area contributed by atoms with Crippen molar-refractivity contribution in [3.63, 3.8) is 0 Å². The Kier molecular flexibility index (Phi) is 4.21. The highest BCUT2D eigenvalue weighted by atomic mass is 15.3. The Balaban J connectivity index is 1.61. The summed E-state index contributed by atoms with van der Waals surface area (Å²) in [7, 11) is 0. The molecule has 0 saturated carbocycles. The van der Waals surface area contributed by atoms with E-state index in [-0.39, 0.29) is 0 Å². The number of aromatic nitrogens is 2. The Hall–Kier alpha value is -1.81. The molecular weight excluding hydrogens is 272 g/mol. The third-order valence-corrected chi connectivity index (χ3v) is 4.84. The van der Waals surface area contributed by atoms with E-state index in [1.54, 1.807) is 0 Å². The third-order valence-electron chi connectivity index (χ3n) is 4.84. The maximum absolute atomic E-state index is 4.60. The first-order valence-corrected chi connectivity index (χ1v) is 8.10. The number of piperazine rings is 1. The molecule has 1 aromatic heterocycles. The summed E-state index contributed by atoms with van der Waals surface area (Å²) in [5.74, 6) is 1.09. The molecule has 2 aromatic rings. The highest BCUT2D eigenvalue weighted by molar-refractivity contribution is 5.56. The van der Waals surface area contributed by atoms with Crippen LogP contribution < -0.4 is 4.90 Å². The highest BCUT2D eigenvalue weighted by Gasteiger charge is 2.19. The molecule has 118 valence electrons. The number of imidazole rings is 1. The quantitative estimate of drug-likeness (QED) is 0.946. The van der Waals surface area contributed by atoms with E-state index in [4.69, 9.17) is 0 Å². The van der Waals surface area contributed by atoms with Crippen molar-refractivity contribution in [3.05, 3.63) is 46.5 Å². The Morgan fingerprint density at radius 3 is 2.41 bits per heavy atom. The fourth-order valence-electron chi connectivity index (χ4n) is 3.13. The average molecular weight is 298 g/mol. The van der Waals surface area contributed by atoms with Gasteiger partial charge in [0.25, 0.3) is 0 Å². The summed E-state index contributed by atoms with van der Waals surface area (Å²) in [6.07, 6.45) is 0. The molecule has 1 aliphatic heterocycles. The van der Waals surface area contributed by atoms with Gasteiger partial charge in [0.2, 0.25) is 0 Å². The maximum Gasteiger partial charge on any atom is 0.120 e. The summed E-state index contributed by atoms with van der Waals surface area (Å²) >= 11 is 0. The predicted octanol–water partition coefficient (Wildman–Crippen LogP) is 2.97. The largest absolute Gasteiger partial charge is 0.369 e. The van der Waals surface area contributed by atoms with Crippen molar-refractivity contribution in [1.82, 2.24) is 14.9 Å². The van der Waals surface area contributed by atoms with Crippen LogP contribution in [0.4, 0.5) is 5.69 Å². The lowest BCUT2D eigenvalue weighted by atomic mass is 10.1. The summed E-state index contributed by atoms with van der Waals surface area (Å²) in [5.41, 5.74) is 6.48. The van der Waals surface area contributed by atoms with Crippen molar-refractivity contribution in [3.8, 4) is 0 Å². The lowest BCUT2D eigenvalue weighted by Gasteiger charge is -2.36. The van der Waals surface area contributed by atoms with Crippen molar-refractivity contribution in [2.24, 2.45) is 0 Å². The molecule has 22 heavy (non-hydrogen) atoms. The monoisotopic (exact) mass is 298 g/mol. The number of nitrogens with zero attached hydrogens (tertiary/aromatic N) is 3. The average Bonchev–Trinajstić information content (AvgIpc) is 2.81. The molecule has 0 spiro atoms. The summed E-state index contributed by atoms with van der Waals surface area (Å²) in [4.78, 5) is 13.0. The van der Waals surface area contributed by atoms with E-state index >= 15 is 0 Å². The first kappa shape index (κ1) is 15.1. The zero-order chi connectivity index (χ0) is 15.7. The van der Waals surface area contributed by atoms with Gasteiger partial charge < -0.3 is 9.88 Å². The van der Waals surface area contributed by atoms with E-state index < -0.39 is 0 Å². The number of benzene rings is 1. The van der Waals surface area contributed by atoms with Crippen molar-refractivity contribution in [2.45, 2.75) is 34.2 Å². The molecule has 0 aliphatic carbocycles. The van der Waals surface area contributed by atoms with Crippen LogP contribution in [0.5, 0.6) is 0 Å². The minimum atomic E-state index is 0.926. The van der Waals surface area contributed by atoms with Gasteiger partial charge in [-0.1, -0.05) is 12.1 Å². The van der Waals surface area contributed by atoms with Crippen LogP contribution in [0.15, 0.2) is 18.2 Å². The minimum absolute atomic E-state index is 0.926. The van der Waals surface area contributed by atoms with Gasteiger partial charge in [-0.25, -0.2) is 4.98 Å². The molecule has 1 saturated heterocycles. The van der Waals surface area contributed by atoms with Crippen molar-refractivity contribution < 1.29 is 0 Å². The Labute approximate surface area is 133 Å². The Morgan fingerprint density at radius 2 is 1.77 bits per heavy atom. The number of aryl methyl sites for hydroxylation is 3. The van der Waals surface area contributed by atoms with E-state index in [9.17, 15) is 0 Å². The molecule has 0 radical (unpaired) electrons. The molecule has 1 N–H and O–H groups in total. The summed E-state index contributed by atoms with van der Waals surface area (Å²) < 4.78 is 0. The van der Waals surface area contributed by atoms with Crippen LogP contribution in [0.2, 0.25) is 0 Å². The number of nitrogens with one attached hydrogen (secondary N) is 1. The fraction of sp³-hybridized carbons (Fsp3) is 0.500. The van der Waals surface area contributed by atoms with E-state index in [0.29, 0.717) is 0 Å². The molecule has 1 fully saturated rings. The van der Waals surface area contributed by atoms with Crippen LogP contribution in [-0.4, -0.2) is 41.0 Å². The van der Waals surface area contributed by atoms with Crippen LogP contribution >= 0.6 is 0 Å². The van der Waals surface area contributed by atoms with Gasteiger partial charge >= 0.3 is 0 Å². The molecule has 0 unspecified atom stereocenters. The number of rotatable bonds is 3. The predicted molar refractivity (Wildman–Crippen MR) is 91.5 cm³/mol. The lowest BCUT2D eigenvalue weighted by molar-refractivity contribution is 0.244. The molecule has 1 aromatic carbocycles. The smallest absolute Gasteiger partial charge is 0.120 e. The molecule has 2 heterocycles. The van der Waals surface area contributed by atoms with Gasteiger partial charge in [0, 0.05) is 37.6 Å². The van der Waals surface area contributed by atoms with Crippen LogP contribution in [-0.2, 0) is 6.54 Å². The Morgan fingerprint density at radius 1 is 1.05 bits per heavy atom. The molecule has 3 rings (SSSR count). The topological polar surface area (TPSA) is 35.2 Å². The summed E-state index contributed by atoms with van der Waals surface area (Å²) in [6, 6.07) is 6.60. The molecule has 1 aliphatic rings. The van der Waals surface area contributed by atoms with E-state index in [2.05, 4.69) is 65.7 Å². The molecular formula is C18H26N4. The molecule has 0 atom stereocenters. The normalized spacial score (nSPS) is 16.3. The summed E-state index contributed by atoms with van der Waals surface area (Å²) in [5, 5.41) is 0. The Bertz CT molecular complexity index is 632. The van der Waals surface area contributed by atoms with Gasteiger partial charge in [-0.2, -0.15) is 0 Å². The van der Waals surface area contributed by atoms with Crippen LogP contribution in [0.1, 0.15) is 28.3 Å². The zero-order valence-electron chi connectivity index (χ0n) is 14.1. The van der Waals surface area contributed by atoms with Crippen molar-refractivity contribution in [2.75, 3.05) is 31.1 Å². The van der Waals surface area contributed by atoms with Crippen LogP contribution in [0.3, 0.4) is 0 Å². The van der Waals surface area contributed by atoms with Crippen LogP contribution in [0.25, 0.3) is 0 Å². The van der Waals surface area contributed by atoms with E-state index in [1.165, 1.54) is 22.5 Å². The molecule has 0 bridgehead atoms. The van der Waals surface area contributed by atoms with Gasteiger partial charge in [-0.15, -0.1) is 0 Å². The second-order valence-corrected chi connectivity index (χ2v) is 6.38. The number of hydrogen-bond donors (Lipinski definition) is 1. The van der Waals surface area contributed by atoms with Crippen molar-refractivity contribution >= 4 is 5.69 Å².